The number of benzene rings is 1. The number of piperidine rings is 1. The molecule has 2 nitrogen and oxygen atoms in total. The predicted octanol–water partition coefficient (Wildman–Crippen LogP) is 4.50. The first-order chi connectivity index (χ1) is 10.6. The van der Waals surface area contributed by atoms with E-state index in [9.17, 15) is 4.79 Å². The molecule has 3 rings (SSSR count). The van der Waals surface area contributed by atoms with Gasteiger partial charge in [-0.1, -0.05) is 41.6 Å². The number of carbonyl (C=O) groups is 1. The van der Waals surface area contributed by atoms with E-state index >= 15 is 0 Å². The highest BCUT2D eigenvalue weighted by Gasteiger charge is 2.24. The molecule has 1 aliphatic heterocycles. The molecule has 1 heterocycles. The standard InChI is InChI=1S/C18H19Cl2NO/c19-16-8-7-14(11-17(16)20)15-5-2-10-21(12-15)18(22)9-6-13-3-1-4-13/h7-8,11,13,15H,1-5,10,12H2. The summed E-state index contributed by atoms with van der Waals surface area (Å²) >= 11 is 12.1. The Hall–Kier alpha value is -1.17. The zero-order valence-corrected chi connectivity index (χ0v) is 14.0. The molecule has 0 spiro atoms. The van der Waals surface area contributed by atoms with Crippen LogP contribution in [0.3, 0.4) is 0 Å². The largest absolute Gasteiger partial charge is 0.331 e. The molecule has 1 atom stereocenters. The summed E-state index contributed by atoms with van der Waals surface area (Å²) in [6.45, 7) is 1.52. The van der Waals surface area contributed by atoms with Crippen molar-refractivity contribution >= 4 is 29.1 Å². The van der Waals surface area contributed by atoms with Crippen LogP contribution >= 0.6 is 23.2 Å². The van der Waals surface area contributed by atoms with Gasteiger partial charge in [0.05, 0.1) is 10.0 Å². The molecule has 0 aromatic heterocycles. The quantitative estimate of drug-likeness (QED) is 0.692. The number of likely N-dealkylation sites (tertiary alicyclic amines) is 1. The lowest BCUT2D eigenvalue weighted by Gasteiger charge is -2.32. The number of hydrogen-bond acceptors (Lipinski definition) is 1. The number of nitrogens with zero attached hydrogens (tertiary/aromatic N) is 1. The highest BCUT2D eigenvalue weighted by molar-refractivity contribution is 6.42. The second-order valence-electron chi connectivity index (χ2n) is 6.16. The van der Waals surface area contributed by atoms with E-state index in [1.807, 2.05) is 23.1 Å². The van der Waals surface area contributed by atoms with E-state index in [1.54, 1.807) is 0 Å². The van der Waals surface area contributed by atoms with Crippen molar-refractivity contribution in [2.45, 2.75) is 38.0 Å². The summed E-state index contributed by atoms with van der Waals surface area (Å²) in [5.74, 6) is 6.67. The lowest BCUT2D eigenvalue weighted by atomic mass is 9.86. The molecule has 1 saturated carbocycles. The summed E-state index contributed by atoms with van der Waals surface area (Å²) in [6, 6.07) is 5.76. The van der Waals surface area contributed by atoms with Crippen LogP contribution in [0.1, 0.15) is 43.6 Å². The number of amides is 1. The monoisotopic (exact) mass is 335 g/mol. The van der Waals surface area contributed by atoms with Gasteiger partial charge >= 0.3 is 0 Å². The molecule has 2 aliphatic rings. The van der Waals surface area contributed by atoms with Gasteiger partial charge in [0.15, 0.2) is 0 Å². The van der Waals surface area contributed by atoms with Crippen molar-refractivity contribution in [1.29, 1.82) is 0 Å². The molecule has 0 N–H and O–H groups in total. The Morgan fingerprint density at radius 1 is 1.14 bits per heavy atom. The van der Waals surface area contributed by atoms with Crippen molar-refractivity contribution in [3.8, 4) is 11.8 Å². The van der Waals surface area contributed by atoms with Gasteiger partial charge in [-0.2, -0.15) is 0 Å². The maximum atomic E-state index is 12.2. The third-order valence-electron chi connectivity index (χ3n) is 4.61. The van der Waals surface area contributed by atoms with Gasteiger partial charge in [-0.25, -0.2) is 0 Å². The highest BCUT2D eigenvalue weighted by Crippen LogP contribution is 2.31. The van der Waals surface area contributed by atoms with Gasteiger partial charge in [0.1, 0.15) is 0 Å². The van der Waals surface area contributed by atoms with E-state index in [2.05, 4.69) is 11.8 Å². The molecule has 1 amide bonds. The minimum atomic E-state index is -0.0309. The third kappa shape index (κ3) is 3.59. The third-order valence-corrected chi connectivity index (χ3v) is 5.35. The fraction of sp³-hybridized carbons (Fsp3) is 0.500. The van der Waals surface area contributed by atoms with Crippen molar-refractivity contribution in [3.63, 3.8) is 0 Å². The molecule has 1 saturated heterocycles. The van der Waals surface area contributed by atoms with E-state index in [1.165, 1.54) is 6.42 Å². The van der Waals surface area contributed by atoms with Gasteiger partial charge in [-0.15, -0.1) is 0 Å². The Balaban J connectivity index is 1.66. The van der Waals surface area contributed by atoms with Crippen LogP contribution in [0.2, 0.25) is 10.0 Å². The fourth-order valence-corrected chi connectivity index (χ4v) is 3.30. The number of carbonyl (C=O) groups excluding carboxylic acids is 1. The maximum absolute atomic E-state index is 12.2. The smallest absolute Gasteiger partial charge is 0.298 e. The summed E-state index contributed by atoms with van der Waals surface area (Å²) in [5.41, 5.74) is 1.15. The molecular weight excluding hydrogens is 317 g/mol. The van der Waals surface area contributed by atoms with Gasteiger partial charge in [0.25, 0.3) is 5.91 Å². The van der Waals surface area contributed by atoms with Gasteiger partial charge in [0, 0.05) is 24.9 Å². The lowest BCUT2D eigenvalue weighted by Crippen LogP contribution is -2.38. The average molecular weight is 336 g/mol. The van der Waals surface area contributed by atoms with E-state index in [0.717, 1.165) is 44.3 Å². The van der Waals surface area contributed by atoms with Crippen LogP contribution in [0.4, 0.5) is 0 Å². The molecule has 1 aliphatic carbocycles. The lowest BCUT2D eigenvalue weighted by molar-refractivity contribution is -0.126. The van der Waals surface area contributed by atoms with Gasteiger partial charge in [0.2, 0.25) is 0 Å². The van der Waals surface area contributed by atoms with Crippen LogP contribution < -0.4 is 0 Å². The van der Waals surface area contributed by atoms with Crippen molar-refractivity contribution in [1.82, 2.24) is 4.90 Å². The molecular formula is C18H19Cl2NO. The van der Waals surface area contributed by atoms with Crippen molar-refractivity contribution in [3.05, 3.63) is 33.8 Å². The van der Waals surface area contributed by atoms with Crippen LogP contribution in [-0.2, 0) is 4.79 Å². The molecule has 1 aromatic carbocycles. The summed E-state index contributed by atoms with van der Waals surface area (Å²) in [6.07, 6.45) is 5.61. The van der Waals surface area contributed by atoms with E-state index < -0.39 is 0 Å². The fourth-order valence-electron chi connectivity index (χ4n) is 3.00. The summed E-state index contributed by atoms with van der Waals surface area (Å²) in [5, 5.41) is 1.15. The van der Waals surface area contributed by atoms with E-state index in [-0.39, 0.29) is 5.91 Å². The minimum Gasteiger partial charge on any atom is -0.331 e. The summed E-state index contributed by atoms with van der Waals surface area (Å²) in [4.78, 5) is 14.1. The number of hydrogen-bond donors (Lipinski definition) is 0. The Labute approximate surface area is 141 Å². The number of halogens is 2. The second-order valence-corrected chi connectivity index (χ2v) is 6.98. The normalized spacial score (nSPS) is 21.7. The van der Waals surface area contributed by atoms with Crippen molar-refractivity contribution < 1.29 is 4.79 Å². The Kier molecular flexibility index (Phi) is 4.96. The maximum Gasteiger partial charge on any atom is 0.298 e. The minimum absolute atomic E-state index is 0.0309. The molecule has 0 radical (unpaired) electrons. The van der Waals surface area contributed by atoms with Crippen LogP contribution in [0.25, 0.3) is 0 Å². The first-order valence-corrected chi connectivity index (χ1v) is 8.64. The van der Waals surface area contributed by atoms with E-state index in [4.69, 9.17) is 23.2 Å². The molecule has 2 fully saturated rings. The SMILES string of the molecule is O=C(C#CC1CCC1)N1CCCC(c2ccc(Cl)c(Cl)c2)C1. The highest BCUT2D eigenvalue weighted by atomic mass is 35.5. The van der Waals surface area contributed by atoms with Gasteiger partial charge in [-0.3, -0.25) is 4.79 Å². The Morgan fingerprint density at radius 3 is 2.64 bits per heavy atom. The van der Waals surface area contributed by atoms with Crippen molar-refractivity contribution in [2.75, 3.05) is 13.1 Å². The molecule has 1 unspecified atom stereocenters. The molecule has 22 heavy (non-hydrogen) atoms. The van der Waals surface area contributed by atoms with Gasteiger partial charge in [-0.05, 0) is 49.3 Å². The topological polar surface area (TPSA) is 20.3 Å². The summed E-state index contributed by atoms with van der Waals surface area (Å²) < 4.78 is 0. The Morgan fingerprint density at radius 2 is 1.95 bits per heavy atom. The molecule has 4 heteroatoms. The van der Waals surface area contributed by atoms with Crippen molar-refractivity contribution in [2.24, 2.45) is 5.92 Å². The molecule has 116 valence electrons. The first kappa shape index (κ1) is 15.7. The zero-order valence-electron chi connectivity index (χ0n) is 12.4. The van der Waals surface area contributed by atoms with Gasteiger partial charge < -0.3 is 4.90 Å². The molecule has 0 bridgehead atoms. The van der Waals surface area contributed by atoms with Crippen LogP contribution in [0, 0.1) is 17.8 Å². The summed E-state index contributed by atoms with van der Waals surface area (Å²) in [7, 11) is 0. The average Bonchev–Trinajstić information content (AvgIpc) is 2.48. The molecule has 1 aromatic rings. The van der Waals surface area contributed by atoms with Crippen LogP contribution in [0.15, 0.2) is 18.2 Å². The van der Waals surface area contributed by atoms with Crippen LogP contribution in [-0.4, -0.2) is 23.9 Å². The zero-order chi connectivity index (χ0) is 15.5. The van der Waals surface area contributed by atoms with Crippen LogP contribution in [0.5, 0.6) is 0 Å². The predicted molar refractivity (Wildman–Crippen MR) is 90.1 cm³/mol. The number of rotatable bonds is 1. The Bertz CT molecular complexity index is 628. The first-order valence-electron chi connectivity index (χ1n) is 7.89. The van der Waals surface area contributed by atoms with E-state index in [0.29, 0.717) is 21.9 Å². The second kappa shape index (κ2) is 6.94.